The Hall–Kier alpha value is -2.24. The molecule has 150 valence electrons. The Bertz CT molecular complexity index is 743. The number of rotatable bonds is 7. The first kappa shape index (κ1) is 20.5. The summed E-state index contributed by atoms with van der Waals surface area (Å²) < 4.78 is 12.9. The molecule has 3 rings (SSSR count). The Balaban J connectivity index is 1.42. The van der Waals surface area contributed by atoms with Gasteiger partial charge in [0.1, 0.15) is 5.82 Å². The van der Waals surface area contributed by atoms with E-state index in [-0.39, 0.29) is 23.7 Å². The topological polar surface area (TPSA) is 52.6 Å². The van der Waals surface area contributed by atoms with E-state index in [0.29, 0.717) is 13.0 Å². The summed E-state index contributed by atoms with van der Waals surface area (Å²) in [5.74, 6) is -0.00116. The first-order valence-corrected chi connectivity index (χ1v) is 10.0. The van der Waals surface area contributed by atoms with Crippen LogP contribution >= 0.6 is 0 Å². The highest BCUT2D eigenvalue weighted by molar-refractivity contribution is 5.81. The minimum atomic E-state index is -0.441. The number of hydrogen-bond donors (Lipinski definition) is 2. The third-order valence-corrected chi connectivity index (χ3v) is 5.72. The number of carbonyl (C=O) groups excluding carboxylic acids is 1. The Morgan fingerprint density at radius 3 is 2.43 bits per heavy atom. The summed E-state index contributed by atoms with van der Waals surface area (Å²) in [5, 5.41) is 13.6. The van der Waals surface area contributed by atoms with Gasteiger partial charge in [0.2, 0.25) is 5.91 Å². The third-order valence-electron chi connectivity index (χ3n) is 5.72. The lowest BCUT2D eigenvalue weighted by Crippen LogP contribution is -2.49. The number of aliphatic hydroxyl groups excluding tert-OH is 1. The van der Waals surface area contributed by atoms with Crippen LogP contribution in [0.1, 0.15) is 37.0 Å². The molecule has 1 aliphatic heterocycles. The molecule has 1 fully saturated rings. The van der Waals surface area contributed by atoms with Gasteiger partial charge in [0.25, 0.3) is 0 Å². The maximum absolute atomic E-state index is 12.9. The standard InChI is InChI=1S/C23H29FN2O2/c1-17(23(28)25-14-11-18-7-9-21(24)10-8-18)26-15-12-20(13-16-26)22(27)19-5-3-2-4-6-19/h2-10,17,20,22,27H,11-16H2,1H3,(H,25,28). The maximum atomic E-state index is 12.9. The van der Waals surface area contributed by atoms with Crippen LogP contribution in [-0.2, 0) is 11.2 Å². The Kier molecular flexibility index (Phi) is 7.18. The molecule has 1 heterocycles. The minimum Gasteiger partial charge on any atom is -0.388 e. The van der Waals surface area contributed by atoms with Gasteiger partial charge in [0.15, 0.2) is 0 Å². The molecule has 2 atom stereocenters. The molecule has 1 aliphatic rings. The molecule has 5 heteroatoms. The van der Waals surface area contributed by atoms with E-state index in [1.165, 1.54) is 12.1 Å². The zero-order chi connectivity index (χ0) is 19.9. The zero-order valence-corrected chi connectivity index (χ0v) is 16.4. The number of benzene rings is 2. The SMILES string of the molecule is CC(C(=O)NCCc1ccc(F)cc1)N1CCC(C(O)c2ccccc2)CC1. The van der Waals surface area contributed by atoms with Gasteiger partial charge < -0.3 is 10.4 Å². The summed E-state index contributed by atoms with van der Waals surface area (Å²) in [6.45, 7) is 4.08. The van der Waals surface area contributed by atoms with Crippen molar-refractivity contribution in [1.29, 1.82) is 0 Å². The number of carbonyl (C=O) groups is 1. The van der Waals surface area contributed by atoms with Crippen LogP contribution in [0.5, 0.6) is 0 Å². The molecule has 0 saturated carbocycles. The van der Waals surface area contributed by atoms with Crippen molar-refractivity contribution in [2.24, 2.45) is 5.92 Å². The van der Waals surface area contributed by atoms with Crippen molar-refractivity contribution in [1.82, 2.24) is 10.2 Å². The van der Waals surface area contributed by atoms with E-state index >= 15 is 0 Å². The van der Waals surface area contributed by atoms with Gasteiger partial charge in [-0.3, -0.25) is 9.69 Å². The van der Waals surface area contributed by atoms with E-state index < -0.39 is 6.10 Å². The number of aliphatic hydroxyl groups is 1. The highest BCUT2D eigenvalue weighted by Gasteiger charge is 2.30. The molecule has 1 amide bonds. The van der Waals surface area contributed by atoms with E-state index in [4.69, 9.17) is 0 Å². The van der Waals surface area contributed by atoms with Gasteiger partial charge in [-0.05, 0) is 68.5 Å². The number of nitrogens with zero attached hydrogens (tertiary/aromatic N) is 1. The van der Waals surface area contributed by atoms with E-state index in [1.807, 2.05) is 37.3 Å². The van der Waals surface area contributed by atoms with Crippen LogP contribution in [-0.4, -0.2) is 41.6 Å². The van der Waals surface area contributed by atoms with Crippen LogP contribution < -0.4 is 5.32 Å². The molecule has 0 spiro atoms. The number of piperidine rings is 1. The van der Waals surface area contributed by atoms with Gasteiger partial charge in [0, 0.05) is 6.54 Å². The summed E-state index contributed by atoms with van der Waals surface area (Å²) in [5.41, 5.74) is 1.97. The molecule has 2 N–H and O–H groups in total. The van der Waals surface area contributed by atoms with Crippen molar-refractivity contribution in [3.63, 3.8) is 0 Å². The van der Waals surface area contributed by atoms with Crippen molar-refractivity contribution in [3.8, 4) is 0 Å². The largest absolute Gasteiger partial charge is 0.388 e. The van der Waals surface area contributed by atoms with Crippen LogP contribution in [0.2, 0.25) is 0 Å². The lowest BCUT2D eigenvalue weighted by Gasteiger charge is -2.37. The second-order valence-electron chi connectivity index (χ2n) is 7.57. The smallest absolute Gasteiger partial charge is 0.237 e. The summed E-state index contributed by atoms with van der Waals surface area (Å²) in [4.78, 5) is 14.6. The summed E-state index contributed by atoms with van der Waals surface area (Å²) >= 11 is 0. The molecule has 2 unspecified atom stereocenters. The van der Waals surface area contributed by atoms with Crippen molar-refractivity contribution < 1.29 is 14.3 Å². The minimum absolute atomic E-state index is 0.0177. The number of hydrogen-bond acceptors (Lipinski definition) is 3. The Morgan fingerprint density at radius 2 is 1.79 bits per heavy atom. The van der Waals surface area contributed by atoms with Crippen LogP contribution in [0.25, 0.3) is 0 Å². The quantitative estimate of drug-likeness (QED) is 0.770. The van der Waals surface area contributed by atoms with Crippen LogP contribution in [0, 0.1) is 11.7 Å². The summed E-state index contributed by atoms with van der Waals surface area (Å²) in [6.07, 6.45) is 2.00. The van der Waals surface area contributed by atoms with E-state index in [0.717, 1.165) is 37.1 Å². The Morgan fingerprint density at radius 1 is 1.14 bits per heavy atom. The monoisotopic (exact) mass is 384 g/mol. The molecular weight excluding hydrogens is 355 g/mol. The maximum Gasteiger partial charge on any atom is 0.237 e. The van der Waals surface area contributed by atoms with Crippen molar-refractivity contribution in [2.45, 2.75) is 38.3 Å². The van der Waals surface area contributed by atoms with E-state index in [1.54, 1.807) is 12.1 Å². The number of likely N-dealkylation sites (tertiary alicyclic amines) is 1. The average Bonchev–Trinajstić information content (AvgIpc) is 2.74. The molecule has 4 nitrogen and oxygen atoms in total. The van der Waals surface area contributed by atoms with Gasteiger partial charge in [-0.2, -0.15) is 0 Å². The lowest BCUT2D eigenvalue weighted by molar-refractivity contribution is -0.126. The van der Waals surface area contributed by atoms with E-state index in [9.17, 15) is 14.3 Å². The molecule has 0 radical (unpaired) electrons. The summed E-state index contributed by atoms with van der Waals surface area (Å²) in [7, 11) is 0. The molecule has 28 heavy (non-hydrogen) atoms. The highest BCUT2D eigenvalue weighted by Crippen LogP contribution is 2.31. The fourth-order valence-electron chi connectivity index (χ4n) is 3.84. The number of halogens is 1. The van der Waals surface area contributed by atoms with Crippen LogP contribution in [0.4, 0.5) is 4.39 Å². The zero-order valence-electron chi connectivity index (χ0n) is 16.4. The molecule has 2 aromatic rings. The number of amides is 1. The molecule has 0 bridgehead atoms. The second-order valence-corrected chi connectivity index (χ2v) is 7.57. The lowest BCUT2D eigenvalue weighted by atomic mass is 9.87. The van der Waals surface area contributed by atoms with Crippen molar-refractivity contribution >= 4 is 5.91 Å². The summed E-state index contributed by atoms with van der Waals surface area (Å²) in [6, 6.07) is 16.0. The molecular formula is C23H29FN2O2. The van der Waals surface area contributed by atoms with Crippen molar-refractivity contribution in [3.05, 3.63) is 71.5 Å². The third kappa shape index (κ3) is 5.40. The van der Waals surface area contributed by atoms with E-state index in [2.05, 4.69) is 10.2 Å². The molecule has 2 aromatic carbocycles. The van der Waals surface area contributed by atoms with Gasteiger partial charge in [-0.1, -0.05) is 42.5 Å². The predicted octanol–water partition coefficient (Wildman–Crippen LogP) is 3.32. The van der Waals surface area contributed by atoms with Gasteiger partial charge in [0.05, 0.1) is 12.1 Å². The highest BCUT2D eigenvalue weighted by atomic mass is 19.1. The predicted molar refractivity (Wildman–Crippen MR) is 108 cm³/mol. The molecule has 0 aliphatic carbocycles. The number of nitrogens with one attached hydrogen (secondary N) is 1. The van der Waals surface area contributed by atoms with Crippen LogP contribution in [0.15, 0.2) is 54.6 Å². The fourth-order valence-corrected chi connectivity index (χ4v) is 3.84. The Labute approximate surface area is 166 Å². The fraction of sp³-hybridized carbons (Fsp3) is 0.435. The van der Waals surface area contributed by atoms with Gasteiger partial charge in [-0.25, -0.2) is 4.39 Å². The average molecular weight is 384 g/mol. The molecule has 1 saturated heterocycles. The second kappa shape index (κ2) is 9.80. The molecule has 0 aromatic heterocycles. The first-order chi connectivity index (χ1) is 13.5. The van der Waals surface area contributed by atoms with Crippen molar-refractivity contribution in [2.75, 3.05) is 19.6 Å². The first-order valence-electron chi connectivity index (χ1n) is 10.0. The van der Waals surface area contributed by atoms with Crippen LogP contribution in [0.3, 0.4) is 0 Å². The van der Waals surface area contributed by atoms with Gasteiger partial charge in [-0.15, -0.1) is 0 Å². The normalized spacial score (nSPS) is 17.8. The van der Waals surface area contributed by atoms with Gasteiger partial charge >= 0.3 is 0 Å².